The Bertz CT molecular complexity index is 1160. The molecule has 5 nitrogen and oxygen atoms in total. The molecule has 3 unspecified atom stereocenters. The first-order valence-corrected chi connectivity index (χ1v) is 23.9. The normalized spacial score (nSPS) is 34.7. The number of carbonyl (C=O) groups excluding carboxylic acids is 1. The lowest BCUT2D eigenvalue weighted by molar-refractivity contribution is -0.130. The first kappa shape index (κ1) is 37.1. The summed E-state index contributed by atoms with van der Waals surface area (Å²) in [5.74, 6) is 1.76. The minimum atomic E-state index is -2.03. The number of allylic oxidation sites excluding steroid dienone is 3. The van der Waals surface area contributed by atoms with Crippen LogP contribution in [-0.2, 0) is 18.4 Å². The van der Waals surface area contributed by atoms with Crippen LogP contribution in [0.2, 0.25) is 36.3 Å². The molecule has 0 saturated heterocycles. The van der Waals surface area contributed by atoms with Gasteiger partial charge in [-0.05, 0) is 105 Å². The van der Waals surface area contributed by atoms with Gasteiger partial charge in [-0.1, -0.05) is 78.7 Å². The summed E-state index contributed by atoms with van der Waals surface area (Å²) in [5, 5.41) is 0.345. The Kier molecular flexibility index (Phi) is 10.4. The zero-order valence-corrected chi connectivity index (χ0v) is 33.9. The Balaban J connectivity index is 1.63. The van der Waals surface area contributed by atoms with Gasteiger partial charge in [-0.25, -0.2) is 0 Å². The molecule has 0 N–H and O–H groups in total. The summed E-state index contributed by atoms with van der Waals surface area (Å²) in [6.07, 6.45) is 13.0. The Morgan fingerprint density at radius 2 is 1.53 bits per heavy atom. The highest BCUT2D eigenvalue weighted by Gasteiger charge is 2.61. The fourth-order valence-electron chi connectivity index (χ4n) is 8.87. The second-order valence-electron chi connectivity index (χ2n) is 18.9. The highest BCUT2D eigenvalue weighted by atomic mass is 28.4. The van der Waals surface area contributed by atoms with Gasteiger partial charge in [-0.15, -0.1) is 0 Å². The molecule has 4 aliphatic rings. The van der Waals surface area contributed by atoms with Crippen LogP contribution in [0.25, 0.3) is 0 Å². The van der Waals surface area contributed by atoms with Gasteiger partial charge in [0.05, 0.1) is 31.3 Å². The van der Waals surface area contributed by atoms with Crippen molar-refractivity contribution in [3.8, 4) is 0 Å². The van der Waals surface area contributed by atoms with E-state index < -0.39 is 16.6 Å². The molecule has 258 valence electrons. The van der Waals surface area contributed by atoms with E-state index in [2.05, 4.69) is 101 Å². The van der Waals surface area contributed by atoms with E-state index in [9.17, 15) is 4.79 Å². The molecule has 4 aliphatic carbocycles. The molecule has 3 saturated carbocycles. The number of hydrogen-bond donors (Lipinski definition) is 0. The van der Waals surface area contributed by atoms with Crippen molar-refractivity contribution in [2.75, 3.05) is 20.7 Å². The van der Waals surface area contributed by atoms with Crippen molar-refractivity contribution in [1.29, 1.82) is 0 Å². The molecule has 0 aliphatic heterocycles. The van der Waals surface area contributed by atoms with E-state index in [1.165, 1.54) is 25.7 Å². The maximum absolute atomic E-state index is 12.2. The molecule has 45 heavy (non-hydrogen) atoms. The summed E-state index contributed by atoms with van der Waals surface area (Å²) >= 11 is 0. The highest BCUT2D eigenvalue weighted by molar-refractivity contribution is 6.74. The number of rotatable bonds is 9. The van der Waals surface area contributed by atoms with Gasteiger partial charge in [0, 0.05) is 19.5 Å². The molecule has 0 aromatic heterocycles. The van der Waals surface area contributed by atoms with Gasteiger partial charge in [-0.3, -0.25) is 4.79 Å². The van der Waals surface area contributed by atoms with Gasteiger partial charge in [0.15, 0.2) is 16.6 Å². The third-order valence-corrected chi connectivity index (χ3v) is 23.0. The molecular weight excluding hydrogens is 591 g/mol. The summed E-state index contributed by atoms with van der Waals surface area (Å²) in [6, 6.07) is 0. The van der Waals surface area contributed by atoms with Crippen LogP contribution < -0.4 is 0 Å². The lowest BCUT2D eigenvalue weighted by Crippen LogP contribution is -2.58. The van der Waals surface area contributed by atoms with E-state index in [0.717, 1.165) is 12.8 Å². The zero-order valence-electron chi connectivity index (χ0n) is 31.9. The van der Waals surface area contributed by atoms with Crippen molar-refractivity contribution in [2.24, 2.45) is 28.6 Å². The van der Waals surface area contributed by atoms with Crippen molar-refractivity contribution in [3.63, 3.8) is 0 Å². The van der Waals surface area contributed by atoms with Crippen LogP contribution in [0.15, 0.2) is 23.3 Å². The molecule has 4 rings (SSSR count). The molecular formula is C38H69NO4Si2. The van der Waals surface area contributed by atoms with Crippen LogP contribution >= 0.6 is 0 Å². The quantitative estimate of drug-likeness (QED) is 0.231. The zero-order chi connectivity index (χ0) is 34.0. The summed E-state index contributed by atoms with van der Waals surface area (Å²) < 4.78 is 21.1. The molecule has 0 aromatic rings. The molecule has 0 heterocycles. The predicted octanol–water partition coefficient (Wildman–Crippen LogP) is 9.76. The van der Waals surface area contributed by atoms with E-state index in [4.69, 9.17) is 13.6 Å². The van der Waals surface area contributed by atoms with E-state index in [1.807, 2.05) is 14.1 Å². The SMILES string of the molecule is CC(OCCC(=O)N(C)C)[C@H]1CC[C@H]2C3=CC=C4CC(O[Si](C)(C)C(C)(C)C)CC(O[Si](C)(C)C(C)(C)C)[C@]4(C)[C@H]3CC[C@]12C. The molecule has 0 aromatic carbocycles. The van der Waals surface area contributed by atoms with E-state index >= 15 is 0 Å². The van der Waals surface area contributed by atoms with Gasteiger partial charge < -0.3 is 18.5 Å². The van der Waals surface area contributed by atoms with Crippen LogP contribution in [0.3, 0.4) is 0 Å². The van der Waals surface area contributed by atoms with Crippen molar-refractivity contribution in [3.05, 3.63) is 23.3 Å². The first-order chi connectivity index (χ1) is 20.5. The van der Waals surface area contributed by atoms with Crippen LogP contribution in [0.1, 0.15) is 107 Å². The average Bonchev–Trinajstić information content (AvgIpc) is 3.25. The maximum atomic E-state index is 12.2. The van der Waals surface area contributed by atoms with Gasteiger partial charge in [-0.2, -0.15) is 0 Å². The van der Waals surface area contributed by atoms with Crippen molar-refractivity contribution in [2.45, 2.75) is 162 Å². The Morgan fingerprint density at radius 3 is 2.11 bits per heavy atom. The number of carbonyl (C=O) groups is 1. The Labute approximate surface area is 279 Å². The Morgan fingerprint density at radius 1 is 0.933 bits per heavy atom. The molecule has 0 bridgehead atoms. The number of ether oxygens (including phenoxy) is 1. The molecule has 1 amide bonds. The smallest absolute Gasteiger partial charge is 0.224 e. The Hall–Kier alpha value is -0.736. The first-order valence-electron chi connectivity index (χ1n) is 18.0. The number of amides is 1. The topological polar surface area (TPSA) is 48.0 Å². The summed E-state index contributed by atoms with van der Waals surface area (Å²) in [4.78, 5) is 13.8. The molecule has 0 spiro atoms. The van der Waals surface area contributed by atoms with Crippen LogP contribution in [0, 0.1) is 28.6 Å². The molecule has 7 heteroatoms. The minimum Gasteiger partial charge on any atom is -0.414 e. The van der Waals surface area contributed by atoms with Crippen LogP contribution in [-0.4, -0.2) is 66.5 Å². The summed E-state index contributed by atoms with van der Waals surface area (Å²) in [6.45, 7) is 31.8. The number of hydrogen-bond acceptors (Lipinski definition) is 4. The lowest BCUT2D eigenvalue weighted by atomic mass is 9.49. The third-order valence-electron chi connectivity index (χ3n) is 13.9. The minimum absolute atomic E-state index is 0.000960. The van der Waals surface area contributed by atoms with Crippen molar-refractivity contribution >= 4 is 22.5 Å². The maximum Gasteiger partial charge on any atom is 0.224 e. The van der Waals surface area contributed by atoms with Gasteiger partial charge in [0.25, 0.3) is 0 Å². The van der Waals surface area contributed by atoms with Crippen LogP contribution in [0.4, 0.5) is 0 Å². The number of nitrogens with zero attached hydrogens (tertiary/aromatic N) is 1. The van der Waals surface area contributed by atoms with E-state index in [1.54, 1.807) is 16.0 Å². The van der Waals surface area contributed by atoms with Gasteiger partial charge in [0.1, 0.15) is 0 Å². The average molecular weight is 660 g/mol. The van der Waals surface area contributed by atoms with E-state index in [-0.39, 0.29) is 45.1 Å². The standard InChI is InChI=1S/C38H69NO4Si2/c1-26(41-23-21-34(40)39(10)11)30-18-19-31-29-17-16-27-24-28(42-44(12,13)35(2,3)4)25-33(43-45(14,15)36(5,6)7)38(27,9)32(29)20-22-37(30,31)8/h16-17,26,28,30-33H,18-25H2,1-15H3/t26?,28?,30-,31+,32+,33?,37-,38+/m1/s1. The molecule has 8 atom stereocenters. The van der Waals surface area contributed by atoms with E-state index in [0.29, 0.717) is 30.8 Å². The highest BCUT2D eigenvalue weighted by Crippen LogP contribution is 2.66. The number of fused-ring (bicyclic) bond motifs is 5. The molecule has 0 radical (unpaired) electrons. The predicted molar refractivity (Wildman–Crippen MR) is 193 cm³/mol. The fourth-order valence-corrected chi connectivity index (χ4v) is 11.6. The largest absolute Gasteiger partial charge is 0.414 e. The summed E-state index contributed by atoms with van der Waals surface area (Å²) in [5.41, 5.74) is 3.48. The third kappa shape index (κ3) is 6.91. The van der Waals surface area contributed by atoms with Gasteiger partial charge in [0.2, 0.25) is 5.91 Å². The summed E-state index contributed by atoms with van der Waals surface area (Å²) in [7, 11) is -0.307. The van der Waals surface area contributed by atoms with Crippen LogP contribution in [0.5, 0.6) is 0 Å². The fraction of sp³-hybridized carbons (Fsp3) is 0.868. The second kappa shape index (κ2) is 12.6. The van der Waals surface area contributed by atoms with Gasteiger partial charge >= 0.3 is 0 Å². The van der Waals surface area contributed by atoms with Crippen molar-refractivity contribution < 1.29 is 18.4 Å². The monoisotopic (exact) mass is 659 g/mol. The molecule has 3 fully saturated rings. The lowest BCUT2D eigenvalue weighted by Gasteiger charge is -2.59. The van der Waals surface area contributed by atoms with Crippen molar-refractivity contribution in [1.82, 2.24) is 4.90 Å². The second-order valence-corrected chi connectivity index (χ2v) is 28.4.